The number of hydrogen-bond acceptors (Lipinski definition) is 3. The molecule has 1 aromatic carbocycles. The quantitative estimate of drug-likeness (QED) is 0.849. The Balaban J connectivity index is 2.21. The lowest BCUT2D eigenvalue weighted by Crippen LogP contribution is -2.05. The van der Waals surface area contributed by atoms with Gasteiger partial charge in [0, 0.05) is 0 Å². The molecule has 86 valence electrons. The van der Waals surface area contributed by atoms with Crippen LogP contribution in [-0.4, -0.2) is 17.9 Å². The van der Waals surface area contributed by atoms with E-state index >= 15 is 0 Å². The summed E-state index contributed by atoms with van der Waals surface area (Å²) in [5, 5.41) is 8.81. The molecule has 1 aromatic rings. The maximum atomic E-state index is 10.7. The van der Waals surface area contributed by atoms with E-state index in [9.17, 15) is 4.79 Å². The molecule has 16 heavy (non-hydrogen) atoms. The molecule has 0 saturated carbocycles. The summed E-state index contributed by atoms with van der Waals surface area (Å²) >= 11 is 0. The number of benzene rings is 1. The SMILES string of the molecule is CCC(CC(=O)O)c1ccc2c(c1)OCO2. The molecule has 0 aromatic heterocycles. The molecule has 4 heteroatoms. The van der Waals surface area contributed by atoms with Crippen molar-refractivity contribution in [2.75, 3.05) is 6.79 Å². The molecule has 1 aliphatic heterocycles. The fourth-order valence-electron chi connectivity index (χ4n) is 1.88. The number of carbonyl (C=O) groups is 1. The molecule has 1 atom stereocenters. The zero-order valence-corrected chi connectivity index (χ0v) is 9.10. The van der Waals surface area contributed by atoms with Crippen molar-refractivity contribution in [2.45, 2.75) is 25.7 Å². The summed E-state index contributed by atoms with van der Waals surface area (Å²) in [4.78, 5) is 10.7. The maximum Gasteiger partial charge on any atom is 0.303 e. The van der Waals surface area contributed by atoms with Crippen LogP contribution >= 0.6 is 0 Å². The third-order valence-corrected chi connectivity index (χ3v) is 2.78. The summed E-state index contributed by atoms with van der Waals surface area (Å²) in [6.45, 7) is 2.23. The summed E-state index contributed by atoms with van der Waals surface area (Å²) in [6, 6.07) is 5.62. The monoisotopic (exact) mass is 222 g/mol. The third-order valence-electron chi connectivity index (χ3n) is 2.78. The highest BCUT2D eigenvalue weighted by Crippen LogP contribution is 2.36. The Morgan fingerprint density at radius 1 is 1.44 bits per heavy atom. The van der Waals surface area contributed by atoms with Gasteiger partial charge in [-0.15, -0.1) is 0 Å². The average molecular weight is 222 g/mol. The number of aliphatic carboxylic acids is 1. The Hall–Kier alpha value is -1.71. The predicted molar refractivity (Wildman–Crippen MR) is 57.8 cm³/mol. The fourth-order valence-corrected chi connectivity index (χ4v) is 1.88. The molecular formula is C12H14O4. The molecule has 2 rings (SSSR count). The van der Waals surface area contributed by atoms with Gasteiger partial charge < -0.3 is 14.6 Å². The van der Waals surface area contributed by atoms with Crippen LogP contribution in [0.4, 0.5) is 0 Å². The number of fused-ring (bicyclic) bond motifs is 1. The lowest BCUT2D eigenvalue weighted by atomic mass is 9.93. The van der Waals surface area contributed by atoms with E-state index in [-0.39, 0.29) is 19.1 Å². The normalized spacial score (nSPS) is 14.8. The molecule has 0 amide bonds. The summed E-state index contributed by atoms with van der Waals surface area (Å²) < 4.78 is 10.5. The number of ether oxygens (including phenoxy) is 2. The first-order chi connectivity index (χ1) is 7.70. The second-order valence-corrected chi connectivity index (χ2v) is 3.82. The third kappa shape index (κ3) is 2.10. The van der Waals surface area contributed by atoms with Crippen molar-refractivity contribution in [2.24, 2.45) is 0 Å². The molecule has 0 aliphatic carbocycles. The van der Waals surface area contributed by atoms with Gasteiger partial charge in [-0.2, -0.15) is 0 Å². The van der Waals surface area contributed by atoms with E-state index in [4.69, 9.17) is 14.6 Å². The van der Waals surface area contributed by atoms with Gasteiger partial charge in [0.05, 0.1) is 6.42 Å². The molecular weight excluding hydrogens is 208 g/mol. The zero-order valence-electron chi connectivity index (χ0n) is 9.10. The Kier molecular flexibility index (Phi) is 2.99. The van der Waals surface area contributed by atoms with Gasteiger partial charge in [0.2, 0.25) is 6.79 Å². The lowest BCUT2D eigenvalue weighted by molar-refractivity contribution is -0.137. The molecule has 4 nitrogen and oxygen atoms in total. The smallest absolute Gasteiger partial charge is 0.303 e. The minimum absolute atomic E-state index is 0.0343. The zero-order chi connectivity index (χ0) is 11.5. The number of carboxylic acids is 1. The number of hydrogen-bond donors (Lipinski definition) is 1. The van der Waals surface area contributed by atoms with Crippen LogP contribution in [0.5, 0.6) is 11.5 Å². The van der Waals surface area contributed by atoms with Crippen molar-refractivity contribution in [3.63, 3.8) is 0 Å². The van der Waals surface area contributed by atoms with Gasteiger partial charge in [-0.1, -0.05) is 13.0 Å². The first-order valence-electron chi connectivity index (χ1n) is 5.32. The van der Waals surface area contributed by atoms with Crippen molar-refractivity contribution in [3.8, 4) is 11.5 Å². The molecule has 0 radical (unpaired) electrons. The van der Waals surface area contributed by atoms with Gasteiger partial charge in [0.1, 0.15) is 0 Å². The standard InChI is InChI=1S/C12H14O4/c1-2-8(6-12(13)14)9-3-4-10-11(5-9)16-7-15-10/h3-5,8H,2,6-7H2,1H3,(H,13,14). The van der Waals surface area contributed by atoms with Crippen LogP contribution in [-0.2, 0) is 4.79 Å². The van der Waals surface area contributed by atoms with E-state index < -0.39 is 5.97 Å². The van der Waals surface area contributed by atoms with E-state index in [1.165, 1.54) is 0 Å². The van der Waals surface area contributed by atoms with Crippen molar-refractivity contribution < 1.29 is 19.4 Å². The van der Waals surface area contributed by atoms with Crippen LogP contribution in [0.2, 0.25) is 0 Å². The van der Waals surface area contributed by atoms with E-state index in [0.29, 0.717) is 5.75 Å². The Labute approximate surface area is 93.8 Å². The average Bonchev–Trinajstić information content (AvgIpc) is 2.72. The Morgan fingerprint density at radius 2 is 2.19 bits per heavy atom. The highest BCUT2D eigenvalue weighted by Gasteiger charge is 2.18. The molecule has 0 fully saturated rings. The highest BCUT2D eigenvalue weighted by atomic mass is 16.7. The topological polar surface area (TPSA) is 55.8 Å². The lowest BCUT2D eigenvalue weighted by Gasteiger charge is -2.13. The number of rotatable bonds is 4. The van der Waals surface area contributed by atoms with Crippen LogP contribution in [0.1, 0.15) is 31.2 Å². The van der Waals surface area contributed by atoms with Gasteiger partial charge in [-0.05, 0) is 30.0 Å². The summed E-state index contributed by atoms with van der Waals surface area (Å²) in [5.41, 5.74) is 0.995. The molecule has 1 N–H and O–H groups in total. The highest BCUT2D eigenvalue weighted by molar-refractivity contribution is 5.68. The van der Waals surface area contributed by atoms with E-state index in [1.54, 1.807) is 0 Å². The first-order valence-corrected chi connectivity index (χ1v) is 5.32. The fraction of sp³-hybridized carbons (Fsp3) is 0.417. The van der Waals surface area contributed by atoms with Crippen LogP contribution < -0.4 is 9.47 Å². The molecule has 0 bridgehead atoms. The van der Waals surface area contributed by atoms with Crippen LogP contribution in [0.25, 0.3) is 0 Å². The molecule has 1 unspecified atom stereocenters. The van der Waals surface area contributed by atoms with Gasteiger partial charge in [0.25, 0.3) is 0 Å². The van der Waals surface area contributed by atoms with Crippen LogP contribution in [0, 0.1) is 0 Å². The largest absolute Gasteiger partial charge is 0.481 e. The van der Waals surface area contributed by atoms with E-state index in [2.05, 4.69) is 0 Å². The van der Waals surface area contributed by atoms with E-state index in [1.807, 2.05) is 25.1 Å². The second-order valence-electron chi connectivity index (χ2n) is 3.82. The molecule has 0 saturated heterocycles. The van der Waals surface area contributed by atoms with Gasteiger partial charge in [-0.25, -0.2) is 0 Å². The van der Waals surface area contributed by atoms with Crippen molar-refractivity contribution in [3.05, 3.63) is 23.8 Å². The summed E-state index contributed by atoms with van der Waals surface area (Å²) in [5.74, 6) is 0.701. The minimum Gasteiger partial charge on any atom is -0.481 e. The van der Waals surface area contributed by atoms with Gasteiger partial charge in [0.15, 0.2) is 11.5 Å². The van der Waals surface area contributed by atoms with Gasteiger partial charge >= 0.3 is 5.97 Å². The second kappa shape index (κ2) is 4.43. The van der Waals surface area contributed by atoms with E-state index in [0.717, 1.165) is 17.7 Å². The minimum atomic E-state index is -0.774. The van der Waals surface area contributed by atoms with Crippen molar-refractivity contribution in [1.82, 2.24) is 0 Å². The van der Waals surface area contributed by atoms with Gasteiger partial charge in [-0.3, -0.25) is 4.79 Å². The number of carboxylic acid groups (broad SMARTS) is 1. The summed E-state index contributed by atoms with van der Waals surface area (Å²) in [7, 11) is 0. The Morgan fingerprint density at radius 3 is 2.88 bits per heavy atom. The molecule has 0 spiro atoms. The Bertz CT molecular complexity index is 400. The van der Waals surface area contributed by atoms with Crippen LogP contribution in [0.3, 0.4) is 0 Å². The predicted octanol–water partition coefficient (Wildman–Crippen LogP) is 2.38. The maximum absolute atomic E-state index is 10.7. The van der Waals surface area contributed by atoms with Crippen LogP contribution in [0.15, 0.2) is 18.2 Å². The summed E-state index contributed by atoms with van der Waals surface area (Å²) in [6.07, 6.45) is 0.947. The molecule has 1 heterocycles. The van der Waals surface area contributed by atoms with Crippen molar-refractivity contribution in [1.29, 1.82) is 0 Å². The molecule has 1 aliphatic rings. The van der Waals surface area contributed by atoms with Crippen molar-refractivity contribution >= 4 is 5.97 Å². The first kappa shape index (κ1) is 10.8.